The molecule has 0 aliphatic heterocycles. The van der Waals surface area contributed by atoms with Crippen LogP contribution < -0.4 is 4.74 Å². The van der Waals surface area contributed by atoms with Gasteiger partial charge in [-0.25, -0.2) is 0 Å². The largest absolute Gasteiger partial charge is 0.496 e. The quantitative estimate of drug-likeness (QED) is 0.717. The van der Waals surface area contributed by atoms with Crippen LogP contribution in [0.2, 0.25) is 0 Å². The Labute approximate surface area is 90.5 Å². The molecule has 0 spiro atoms. The third-order valence-electron chi connectivity index (χ3n) is 2.39. The van der Waals surface area contributed by atoms with Gasteiger partial charge in [-0.2, -0.15) is 13.2 Å². The second kappa shape index (κ2) is 3.70. The lowest BCUT2D eigenvalue weighted by Gasteiger charge is -2.14. The van der Waals surface area contributed by atoms with Gasteiger partial charge in [0, 0.05) is 0 Å². The first-order chi connectivity index (χ1) is 7.54. The predicted octanol–water partition coefficient (Wildman–Crippen LogP) is 3.87. The zero-order valence-electron chi connectivity index (χ0n) is 8.51. The van der Waals surface area contributed by atoms with Crippen molar-refractivity contribution in [2.45, 2.75) is 6.18 Å². The number of benzene rings is 2. The van der Waals surface area contributed by atoms with Crippen LogP contribution in [0.3, 0.4) is 0 Å². The summed E-state index contributed by atoms with van der Waals surface area (Å²) in [6.07, 6.45) is -4.41. The van der Waals surface area contributed by atoms with E-state index in [1.54, 1.807) is 24.3 Å². The topological polar surface area (TPSA) is 9.23 Å². The van der Waals surface area contributed by atoms with Crippen LogP contribution in [0.4, 0.5) is 13.2 Å². The summed E-state index contributed by atoms with van der Waals surface area (Å²) in [6.45, 7) is 0. The predicted molar refractivity (Wildman–Crippen MR) is 55.5 cm³/mol. The van der Waals surface area contributed by atoms with Gasteiger partial charge >= 0.3 is 6.18 Å². The molecule has 0 saturated carbocycles. The van der Waals surface area contributed by atoms with Crippen molar-refractivity contribution in [3.05, 3.63) is 42.0 Å². The van der Waals surface area contributed by atoms with Crippen molar-refractivity contribution >= 4 is 10.8 Å². The molecule has 0 bridgehead atoms. The molecule has 0 aliphatic rings. The van der Waals surface area contributed by atoms with Gasteiger partial charge in [-0.1, -0.05) is 30.3 Å². The average molecular weight is 226 g/mol. The molecule has 1 nitrogen and oxygen atoms in total. The molecular formula is C12H9F3O. The summed E-state index contributed by atoms with van der Waals surface area (Å²) in [5.74, 6) is -0.147. The smallest absolute Gasteiger partial charge is 0.420 e. The number of ether oxygens (including phenoxy) is 1. The van der Waals surface area contributed by atoms with Crippen molar-refractivity contribution < 1.29 is 17.9 Å². The van der Waals surface area contributed by atoms with Crippen molar-refractivity contribution in [3.8, 4) is 5.75 Å². The Morgan fingerprint density at radius 2 is 1.69 bits per heavy atom. The van der Waals surface area contributed by atoms with Gasteiger partial charge in [0.15, 0.2) is 0 Å². The summed E-state index contributed by atoms with van der Waals surface area (Å²) < 4.78 is 43.4. The molecule has 0 N–H and O–H groups in total. The highest BCUT2D eigenvalue weighted by atomic mass is 19.4. The van der Waals surface area contributed by atoms with E-state index in [2.05, 4.69) is 0 Å². The van der Waals surface area contributed by atoms with E-state index in [0.29, 0.717) is 5.39 Å². The fraction of sp³-hybridized carbons (Fsp3) is 0.167. The summed E-state index contributed by atoms with van der Waals surface area (Å²) in [6, 6.07) is 9.32. The van der Waals surface area contributed by atoms with Crippen molar-refractivity contribution in [3.63, 3.8) is 0 Å². The molecule has 2 aromatic rings. The van der Waals surface area contributed by atoms with Crippen molar-refractivity contribution in [1.82, 2.24) is 0 Å². The standard InChI is InChI=1S/C12H9F3O/c1-16-10-7-6-8-4-2-3-5-9(8)11(10)12(13,14)15/h2-7H,1H3. The number of hydrogen-bond donors (Lipinski definition) is 0. The van der Waals surface area contributed by atoms with E-state index in [-0.39, 0.29) is 11.1 Å². The summed E-state index contributed by atoms with van der Waals surface area (Å²) in [7, 11) is 1.24. The Morgan fingerprint density at radius 3 is 2.31 bits per heavy atom. The fourth-order valence-electron chi connectivity index (χ4n) is 1.71. The van der Waals surface area contributed by atoms with Crippen molar-refractivity contribution in [2.24, 2.45) is 0 Å². The Morgan fingerprint density at radius 1 is 1.00 bits per heavy atom. The highest BCUT2D eigenvalue weighted by Crippen LogP contribution is 2.40. The molecule has 2 rings (SSSR count). The Hall–Kier alpha value is -1.71. The normalized spacial score (nSPS) is 11.8. The minimum absolute atomic E-state index is 0.147. The first-order valence-corrected chi connectivity index (χ1v) is 4.67. The van der Waals surface area contributed by atoms with E-state index in [1.807, 2.05) is 0 Å². The highest BCUT2D eigenvalue weighted by molar-refractivity contribution is 5.88. The third-order valence-corrected chi connectivity index (χ3v) is 2.39. The molecule has 0 atom stereocenters. The van der Waals surface area contributed by atoms with E-state index >= 15 is 0 Å². The molecule has 0 saturated heterocycles. The van der Waals surface area contributed by atoms with Crippen molar-refractivity contribution in [1.29, 1.82) is 0 Å². The molecule has 0 heterocycles. The molecule has 4 heteroatoms. The maximum absolute atomic E-state index is 12.9. The third kappa shape index (κ3) is 1.71. The maximum atomic E-state index is 12.9. The van der Waals surface area contributed by atoms with Gasteiger partial charge in [0.1, 0.15) is 11.3 Å². The monoisotopic (exact) mass is 226 g/mol. The van der Waals surface area contributed by atoms with Gasteiger partial charge in [0.2, 0.25) is 0 Å². The van der Waals surface area contributed by atoms with Crippen LogP contribution >= 0.6 is 0 Å². The van der Waals surface area contributed by atoms with E-state index in [9.17, 15) is 13.2 Å². The molecule has 0 amide bonds. The van der Waals surface area contributed by atoms with Gasteiger partial charge in [-0.15, -0.1) is 0 Å². The minimum Gasteiger partial charge on any atom is -0.496 e. The van der Waals surface area contributed by atoms with Gasteiger partial charge in [-0.05, 0) is 16.8 Å². The Kier molecular flexibility index (Phi) is 2.50. The lowest BCUT2D eigenvalue weighted by Crippen LogP contribution is -2.08. The second-order valence-corrected chi connectivity index (χ2v) is 3.36. The van der Waals surface area contributed by atoms with Crippen LogP contribution in [0, 0.1) is 0 Å². The fourth-order valence-corrected chi connectivity index (χ4v) is 1.71. The summed E-state index contributed by atoms with van der Waals surface area (Å²) in [4.78, 5) is 0. The van der Waals surface area contributed by atoms with Gasteiger partial charge in [0.05, 0.1) is 7.11 Å². The Bertz CT molecular complexity index is 517. The average Bonchev–Trinajstić information content (AvgIpc) is 2.26. The van der Waals surface area contributed by atoms with Crippen LogP contribution in [-0.4, -0.2) is 7.11 Å². The lowest BCUT2D eigenvalue weighted by molar-refractivity contribution is -0.137. The van der Waals surface area contributed by atoms with Crippen LogP contribution in [0.5, 0.6) is 5.75 Å². The van der Waals surface area contributed by atoms with Gasteiger partial charge in [0.25, 0.3) is 0 Å². The van der Waals surface area contributed by atoms with Crippen molar-refractivity contribution in [2.75, 3.05) is 7.11 Å². The molecular weight excluding hydrogens is 217 g/mol. The summed E-state index contributed by atoms with van der Waals surface area (Å²) >= 11 is 0. The molecule has 2 aromatic carbocycles. The van der Waals surface area contributed by atoms with E-state index < -0.39 is 11.7 Å². The molecule has 0 radical (unpaired) electrons. The molecule has 84 valence electrons. The van der Waals surface area contributed by atoms with Gasteiger partial charge < -0.3 is 4.74 Å². The molecule has 0 fully saturated rings. The van der Waals surface area contributed by atoms with E-state index in [4.69, 9.17) is 4.74 Å². The second-order valence-electron chi connectivity index (χ2n) is 3.36. The SMILES string of the molecule is COc1ccc2ccccc2c1C(F)(F)F. The molecule has 0 aliphatic carbocycles. The molecule has 0 aromatic heterocycles. The van der Waals surface area contributed by atoms with Gasteiger partial charge in [-0.3, -0.25) is 0 Å². The zero-order valence-corrected chi connectivity index (χ0v) is 8.51. The van der Waals surface area contributed by atoms with Crippen LogP contribution in [0.25, 0.3) is 10.8 Å². The van der Waals surface area contributed by atoms with Crippen LogP contribution in [-0.2, 0) is 6.18 Å². The number of methoxy groups -OCH3 is 1. The van der Waals surface area contributed by atoms with Crippen LogP contribution in [0.1, 0.15) is 5.56 Å². The minimum atomic E-state index is -4.41. The number of hydrogen-bond acceptors (Lipinski definition) is 1. The van der Waals surface area contributed by atoms with E-state index in [1.165, 1.54) is 19.2 Å². The molecule has 16 heavy (non-hydrogen) atoms. The summed E-state index contributed by atoms with van der Waals surface area (Å²) in [5.41, 5.74) is -0.715. The number of alkyl halides is 3. The number of rotatable bonds is 1. The maximum Gasteiger partial charge on any atom is 0.420 e. The molecule has 0 unspecified atom stereocenters. The van der Waals surface area contributed by atoms with E-state index in [0.717, 1.165) is 0 Å². The number of halogens is 3. The number of fused-ring (bicyclic) bond motifs is 1. The van der Waals surface area contributed by atoms with Crippen LogP contribution in [0.15, 0.2) is 36.4 Å². The Balaban J connectivity index is 2.84. The zero-order chi connectivity index (χ0) is 11.8. The first kappa shape index (κ1) is 10.8. The highest BCUT2D eigenvalue weighted by Gasteiger charge is 2.36. The lowest BCUT2D eigenvalue weighted by atomic mass is 10.0. The first-order valence-electron chi connectivity index (χ1n) is 4.67. The summed E-state index contributed by atoms with van der Waals surface area (Å²) in [5, 5.41) is 0.713.